The molecule has 0 aromatic carbocycles. The summed E-state index contributed by atoms with van der Waals surface area (Å²) in [4.78, 5) is 13.6. The predicted octanol–water partition coefficient (Wildman–Crippen LogP) is 0.964. The van der Waals surface area contributed by atoms with Crippen molar-refractivity contribution < 1.29 is 4.79 Å². The van der Waals surface area contributed by atoms with Gasteiger partial charge in [-0.15, -0.1) is 0 Å². The summed E-state index contributed by atoms with van der Waals surface area (Å²) in [5.41, 5.74) is 8.01. The van der Waals surface area contributed by atoms with Crippen LogP contribution in [-0.2, 0) is 4.79 Å². The lowest BCUT2D eigenvalue weighted by Gasteiger charge is -2.04. The third kappa shape index (κ3) is 2.47. The highest BCUT2D eigenvalue weighted by Crippen LogP contribution is 2.18. The van der Waals surface area contributed by atoms with E-state index >= 15 is 0 Å². The Morgan fingerprint density at radius 1 is 1.82 bits per heavy atom. The van der Waals surface area contributed by atoms with Gasteiger partial charge in [0, 0.05) is 11.0 Å². The molecular weight excluding hydrogens is 144 g/mol. The van der Waals surface area contributed by atoms with E-state index in [2.05, 4.69) is 15.3 Å². The number of carbonyl (C=O) groups is 1. The van der Waals surface area contributed by atoms with Crippen molar-refractivity contribution in [1.82, 2.24) is 5.32 Å². The minimum atomic E-state index is -0.583. The smallest absolute Gasteiger partial charge is 0.228 e. The highest BCUT2D eigenvalue weighted by atomic mass is 16.2. The van der Waals surface area contributed by atoms with E-state index in [0.717, 1.165) is 12.8 Å². The lowest BCUT2D eigenvalue weighted by atomic mass is 10.3. The first-order chi connectivity index (χ1) is 5.24. The van der Waals surface area contributed by atoms with E-state index in [1.54, 1.807) is 6.92 Å². The van der Waals surface area contributed by atoms with Gasteiger partial charge in [-0.1, -0.05) is 5.11 Å². The van der Waals surface area contributed by atoms with Gasteiger partial charge >= 0.3 is 0 Å². The number of nitrogens with one attached hydrogen (secondary N) is 1. The Morgan fingerprint density at radius 3 is 2.91 bits per heavy atom. The molecule has 1 amide bonds. The maximum absolute atomic E-state index is 11.0. The fraction of sp³-hybridized carbons (Fsp3) is 0.833. The lowest BCUT2D eigenvalue weighted by Crippen LogP contribution is -2.32. The first kappa shape index (κ1) is 7.88. The number of nitrogens with zero attached hydrogens (tertiary/aromatic N) is 3. The van der Waals surface area contributed by atoms with Gasteiger partial charge in [0.25, 0.3) is 0 Å². The predicted molar refractivity (Wildman–Crippen MR) is 39.8 cm³/mol. The summed E-state index contributed by atoms with van der Waals surface area (Å²) in [6.07, 6.45) is 2.10. The Morgan fingerprint density at radius 2 is 2.45 bits per heavy atom. The molecule has 1 fully saturated rings. The van der Waals surface area contributed by atoms with Crippen molar-refractivity contribution in [2.45, 2.75) is 31.8 Å². The number of amides is 1. The molecule has 1 rings (SSSR count). The zero-order valence-electron chi connectivity index (χ0n) is 6.32. The van der Waals surface area contributed by atoms with E-state index in [-0.39, 0.29) is 5.91 Å². The van der Waals surface area contributed by atoms with E-state index in [1.165, 1.54) is 0 Å². The van der Waals surface area contributed by atoms with Crippen LogP contribution in [0.1, 0.15) is 19.8 Å². The van der Waals surface area contributed by atoms with E-state index in [1.807, 2.05) is 0 Å². The molecule has 0 spiro atoms. The van der Waals surface area contributed by atoms with E-state index in [9.17, 15) is 4.79 Å². The number of azide groups is 1. The zero-order valence-corrected chi connectivity index (χ0v) is 6.32. The summed E-state index contributed by atoms with van der Waals surface area (Å²) in [5, 5.41) is 6.01. The molecule has 1 aliphatic rings. The maximum atomic E-state index is 11.0. The topological polar surface area (TPSA) is 77.9 Å². The summed E-state index contributed by atoms with van der Waals surface area (Å²) in [6, 6.07) is -0.251. The van der Waals surface area contributed by atoms with Gasteiger partial charge in [0.1, 0.15) is 6.04 Å². The van der Waals surface area contributed by atoms with Gasteiger partial charge in [0.05, 0.1) is 0 Å². The molecular formula is C6H10N4O. The van der Waals surface area contributed by atoms with Gasteiger partial charge in [0.2, 0.25) is 5.91 Å². The highest BCUT2D eigenvalue weighted by molar-refractivity contribution is 5.81. The van der Waals surface area contributed by atoms with Crippen molar-refractivity contribution in [3.05, 3.63) is 10.4 Å². The number of hydrogen-bond donors (Lipinski definition) is 1. The summed E-state index contributed by atoms with van der Waals surface area (Å²) in [6.45, 7) is 1.58. The Hall–Kier alpha value is -1.22. The monoisotopic (exact) mass is 154 g/mol. The van der Waals surface area contributed by atoms with Gasteiger partial charge in [-0.05, 0) is 25.3 Å². The fourth-order valence-corrected chi connectivity index (χ4v) is 0.679. The first-order valence-electron chi connectivity index (χ1n) is 3.58. The van der Waals surface area contributed by atoms with Crippen LogP contribution in [-0.4, -0.2) is 18.0 Å². The quantitative estimate of drug-likeness (QED) is 0.367. The van der Waals surface area contributed by atoms with Gasteiger partial charge in [-0.25, -0.2) is 0 Å². The third-order valence-electron chi connectivity index (χ3n) is 1.53. The van der Waals surface area contributed by atoms with Crippen LogP contribution in [0.15, 0.2) is 5.11 Å². The molecule has 1 aliphatic carbocycles. The molecule has 5 heteroatoms. The molecule has 11 heavy (non-hydrogen) atoms. The molecule has 0 saturated heterocycles. The molecule has 0 aromatic rings. The molecule has 0 heterocycles. The number of hydrogen-bond acceptors (Lipinski definition) is 2. The molecule has 0 bridgehead atoms. The maximum Gasteiger partial charge on any atom is 0.228 e. The molecule has 0 radical (unpaired) electrons. The van der Waals surface area contributed by atoms with Crippen molar-refractivity contribution in [3.8, 4) is 0 Å². The Labute approximate surface area is 64.4 Å². The van der Waals surface area contributed by atoms with Crippen LogP contribution in [0.4, 0.5) is 0 Å². The van der Waals surface area contributed by atoms with Crippen molar-refractivity contribution in [3.63, 3.8) is 0 Å². The van der Waals surface area contributed by atoms with Crippen LogP contribution in [0.5, 0.6) is 0 Å². The molecule has 5 nitrogen and oxygen atoms in total. The largest absolute Gasteiger partial charge is 0.353 e. The molecule has 1 atom stereocenters. The fourth-order valence-electron chi connectivity index (χ4n) is 0.679. The van der Waals surface area contributed by atoms with Crippen LogP contribution in [0, 0.1) is 0 Å². The minimum Gasteiger partial charge on any atom is -0.353 e. The van der Waals surface area contributed by atoms with Crippen LogP contribution < -0.4 is 5.32 Å². The van der Waals surface area contributed by atoms with Gasteiger partial charge < -0.3 is 5.32 Å². The average Bonchev–Trinajstić information content (AvgIpc) is 2.72. The molecule has 1 saturated carbocycles. The number of rotatable bonds is 3. The molecule has 1 N–H and O–H groups in total. The second kappa shape index (κ2) is 3.25. The Bertz CT molecular complexity index is 205. The summed E-state index contributed by atoms with van der Waals surface area (Å²) in [7, 11) is 0. The van der Waals surface area contributed by atoms with E-state index < -0.39 is 6.04 Å². The van der Waals surface area contributed by atoms with Crippen molar-refractivity contribution in [2.24, 2.45) is 5.11 Å². The summed E-state index contributed by atoms with van der Waals surface area (Å²) in [5.74, 6) is -0.176. The molecule has 60 valence electrons. The number of carbonyl (C=O) groups excluding carboxylic acids is 1. The first-order valence-corrected chi connectivity index (χ1v) is 3.58. The zero-order chi connectivity index (χ0) is 8.27. The van der Waals surface area contributed by atoms with Gasteiger partial charge in [-0.3, -0.25) is 4.79 Å². The van der Waals surface area contributed by atoms with E-state index in [0.29, 0.717) is 6.04 Å². The highest BCUT2D eigenvalue weighted by Gasteiger charge is 2.24. The van der Waals surface area contributed by atoms with Crippen LogP contribution in [0.2, 0.25) is 0 Å². The second-order valence-electron chi connectivity index (χ2n) is 2.66. The molecule has 0 aliphatic heterocycles. The SMILES string of the molecule is CC(N=[N+]=[N-])C(=O)NC1CC1. The van der Waals surface area contributed by atoms with Crippen LogP contribution in [0.25, 0.3) is 10.4 Å². The summed E-state index contributed by atoms with van der Waals surface area (Å²) < 4.78 is 0. The van der Waals surface area contributed by atoms with Crippen LogP contribution >= 0.6 is 0 Å². The lowest BCUT2D eigenvalue weighted by molar-refractivity contribution is -0.122. The van der Waals surface area contributed by atoms with E-state index in [4.69, 9.17) is 5.53 Å². The normalized spacial score (nSPS) is 18.3. The van der Waals surface area contributed by atoms with Crippen molar-refractivity contribution in [2.75, 3.05) is 0 Å². The Balaban J connectivity index is 2.32. The van der Waals surface area contributed by atoms with Crippen molar-refractivity contribution in [1.29, 1.82) is 0 Å². The van der Waals surface area contributed by atoms with Crippen LogP contribution in [0.3, 0.4) is 0 Å². The third-order valence-corrected chi connectivity index (χ3v) is 1.53. The molecule has 1 unspecified atom stereocenters. The second-order valence-corrected chi connectivity index (χ2v) is 2.66. The minimum absolute atomic E-state index is 0.176. The Kier molecular flexibility index (Phi) is 2.33. The van der Waals surface area contributed by atoms with Gasteiger partial charge in [0.15, 0.2) is 0 Å². The standard InChI is InChI=1S/C6H10N4O/c1-4(9-10-7)6(11)8-5-2-3-5/h4-5H,2-3H2,1H3,(H,8,11). The molecule has 0 aromatic heterocycles. The van der Waals surface area contributed by atoms with Crippen molar-refractivity contribution >= 4 is 5.91 Å². The average molecular weight is 154 g/mol. The summed E-state index contributed by atoms with van der Waals surface area (Å²) >= 11 is 0. The van der Waals surface area contributed by atoms with Gasteiger partial charge in [-0.2, -0.15) is 0 Å².